The third-order valence-electron chi connectivity index (χ3n) is 3.99. The van der Waals surface area contributed by atoms with Crippen LogP contribution in [0.4, 0.5) is 0 Å². The van der Waals surface area contributed by atoms with Crippen LogP contribution in [0.25, 0.3) is 0 Å². The summed E-state index contributed by atoms with van der Waals surface area (Å²) in [6.07, 6.45) is 2.19. The fourth-order valence-corrected chi connectivity index (χ4v) is 3.02. The Morgan fingerprint density at radius 2 is 1.70 bits per heavy atom. The van der Waals surface area contributed by atoms with E-state index in [0.717, 1.165) is 24.0 Å². The number of ketones is 1. The molecule has 1 nitrogen and oxygen atoms in total. The Hall–Kier alpha value is -1.31. The first-order valence-electron chi connectivity index (χ1n) is 6.65. The Bertz CT molecular complexity index is 645. The van der Waals surface area contributed by atoms with Crippen molar-refractivity contribution in [2.75, 3.05) is 0 Å². The van der Waals surface area contributed by atoms with Crippen molar-refractivity contribution < 1.29 is 4.79 Å². The predicted octanol–water partition coefficient (Wildman–Crippen LogP) is 4.84. The summed E-state index contributed by atoms with van der Waals surface area (Å²) >= 11 is 12.2. The van der Waals surface area contributed by atoms with Crippen molar-refractivity contribution in [1.82, 2.24) is 0 Å². The molecule has 0 unspecified atom stereocenters. The third-order valence-corrected chi connectivity index (χ3v) is 4.85. The Balaban J connectivity index is 1.86. The number of rotatable bonds is 4. The van der Waals surface area contributed by atoms with Gasteiger partial charge in [-0.3, -0.25) is 4.79 Å². The second-order valence-electron chi connectivity index (χ2n) is 5.26. The summed E-state index contributed by atoms with van der Waals surface area (Å²) < 4.78 is 0. The van der Waals surface area contributed by atoms with Crippen LogP contribution in [0.1, 0.15) is 24.0 Å². The number of hydrogen-bond acceptors (Lipinski definition) is 1. The van der Waals surface area contributed by atoms with E-state index in [4.69, 9.17) is 23.2 Å². The molecule has 2 aromatic carbocycles. The molecule has 1 fully saturated rings. The van der Waals surface area contributed by atoms with Gasteiger partial charge in [0.15, 0.2) is 0 Å². The highest BCUT2D eigenvalue weighted by Gasteiger charge is 2.50. The van der Waals surface area contributed by atoms with Crippen LogP contribution >= 0.6 is 23.2 Å². The van der Waals surface area contributed by atoms with Crippen molar-refractivity contribution in [3.05, 3.63) is 69.7 Å². The Kier molecular flexibility index (Phi) is 3.57. The molecule has 1 aliphatic rings. The van der Waals surface area contributed by atoms with Gasteiger partial charge in [0, 0.05) is 6.42 Å². The molecule has 0 aliphatic heterocycles. The van der Waals surface area contributed by atoms with Crippen LogP contribution in [0.15, 0.2) is 48.5 Å². The van der Waals surface area contributed by atoms with Crippen molar-refractivity contribution in [1.29, 1.82) is 0 Å². The quantitative estimate of drug-likeness (QED) is 0.790. The maximum Gasteiger partial charge on any atom is 0.147 e. The Labute approximate surface area is 128 Å². The van der Waals surface area contributed by atoms with E-state index in [9.17, 15) is 4.79 Å². The molecule has 0 bridgehead atoms. The molecule has 102 valence electrons. The smallest absolute Gasteiger partial charge is 0.147 e. The minimum Gasteiger partial charge on any atom is -0.298 e. The van der Waals surface area contributed by atoms with Crippen LogP contribution in [0, 0.1) is 0 Å². The van der Waals surface area contributed by atoms with Crippen LogP contribution in [-0.4, -0.2) is 5.78 Å². The summed E-state index contributed by atoms with van der Waals surface area (Å²) in [4.78, 5) is 12.7. The lowest BCUT2D eigenvalue weighted by atomic mass is 9.88. The van der Waals surface area contributed by atoms with Gasteiger partial charge in [-0.05, 0) is 30.0 Å². The van der Waals surface area contributed by atoms with E-state index in [0.29, 0.717) is 16.5 Å². The van der Waals surface area contributed by atoms with Crippen LogP contribution in [0.2, 0.25) is 10.0 Å². The van der Waals surface area contributed by atoms with Gasteiger partial charge in [-0.25, -0.2) is 0 Å². The van der Waals surface area contributed by atoms with Crippen LogP contribution < -0.4 is 0 Å². The standard InChI is InChI=1S/C17H14Cl2O/c18-14-8-4-5-12(16(14)19)11-15(20)17(9-10-17)13-6-2-1-3-7-13/h1-8H,9-11H2. The van der Waals surface area contributed by atoms with Crippen LogP contribution in [-0.2, 0) is 16.6 Å². The highest BCUT2D eigenvalue weighted by atomic mass is 35.5. The molecule has 0 atom stereocenters. The fourth-order valence-electron chi connectivity index (χ4n) is 2.64. The lowest BCUT2D eigenvalue weighted by Crippen LogP contribution is -2.22. The maximum atomic E-state index is 12.7. The maximum absolute atomic E-state index is 12.7. The van der Waals surface area contributed by atoms with Gasteiger partial charge >= 0.3 is 0 Å². The third kappa shape index (κ3) is 2.36. The first-order chi connectivity index (χ1) is 9.63. The highest BCUT2D eigenvalue weighted by molar-refractivity contribution is 6.42. The number of halogens is 2. The average molecular weight is 305 g/mol. The number of hydrogen-bond donors (Lipinski definition) is 0. The second-order valence-corrected chi connectivity index (χ2v) is 6.05. The first-order valence-corrected chi connectivity index (χ1v) is 7.41. The van der Waals surface area contributed by atoms with Gasteiger partial charge in [0.1, 0.15) is 5.78 Å². The molecule has 0 radical (unpaired) electrons. The lowest BCUT2D eigenvalue weighted by molar-refractivity contribution is -0.120. The molecule has 3 rings (SSSR count). The van der Waals surface area contributed by atoms with E-state index in [2.05, 4.69) is 0 Å². The molecule has 0 heterocycles. The number of carbonyl (C=O) groups excluding carboxylic acids is 1. The molecular weight excluding hydrogens is 291 g/mol. The zero-order chi connectivity index (χ0) is 14.2. The molecule has 20 heavy (non-hydrogen) atoms. The van der Waals surface area contributed by atoms with Gasteiger partial charge in [0.2, 0.25) is 0 Å². The summed E-state index contributed by atoms with van der Waals surface area (Å²) in [6.45, 7) is 0. The van der Waals surface area contributed by atoms with Crippen LogP contribution in [0.3, 0.4) is 0 Å². The van der Waals surface area contributed by atoms with E-state index in [1.165, 1.54) is 0 Å². The minimum absolute atomic E-state index is 0.230. The molecule has 1 saturated carbocycles. The van der Waals surface area contributed by atoms with Gasteiger partial charge in [-0.15, -0.1) is 0 Å². The summed E-state index contributed by atoms with van der Waals surface area (Å²) in [5, 5.41) is 0.993. The largest absolute Gasteiger partial charge is 0.298 e. The molecule has 0 saturated heterocycles. The van der Waals surface area contributed by atoms with Gasteiger partial charge < -0.3 is 0 Å². The predicted molar refractivity (Wildman–Crippen MR) is 82.5 cm³/mol. The van der Waals surface area contributed by atoms with Gasteiger partial charge in [-0.1, -0.05) is 65.7 Å². The number of Topliss-reactive ketones (excluding diaryl/α,β-unsaturated/α-hetero) is 1. The van der Waals surface area contributed by atoms with E-state index in [-0.39, 0.29) is 11.2 Å². The van der Waals surface area contributed by atoms with E-state index in [1.54, 1.807) is 6.07 Å². The van der Waals surface area contributed by atoms with E-state index in [1.807, 2.05) is 42.5 Å². The molecule has 0 spiro atoms. The molecule has 0 aromatic heterocycles. The second kappa shape index (κ2) is 5.23. The molecule has 0 amide bonds. The van der Waals surface area contributed by atoms with Crippen LogP contribution in [0.5, 0.6) is 0 Å². The monoisotopic (exact) mass is 304 g/mol. The van der Waals surface area contributed by atoms with Gasteiger partial charge in [0.25, 0.3) is 0 Å². The number of carbonyl (C=O) groups is 1. The van der Waals surface area contributed by atoms with Gasteiger partial charge in [-0.2, -0.15) is 0 Å². The topological polar surface area (TPSA) is 17.1 Å². The van der Waals surface area contributed by atoms with E-state index < -0.39 is 0 Å². The zero-order valence-corrected chi connectivity index (χ0v) is 12.4. The Morgan fingerprint density at radius 1 is 1.00 bits per heavy atom. The average Bonchev–Trinajstić information content (AvgIpc) is 3.26. The summed E-state index contributed by atoms with van der Waals surface area (Å²) in [6, 6.07) is 15.4. The van der Waals surface area contributed by atoms with Crippen molar-refractivity contribution >= 4 is 29.0 Å². The van der Waals surface area contributed by atoms with Crippen molar-refractivity contribution in [3.63, 3.8) is 0 Å². The van der Waals surface area contributed by atoms with E-state index >= 15 is 0 Å². The highest BCUT2D eigenvalue weighted by Crippen LogP contribution is 2.49. The molecule has 0 N–H and O–H groups in total. The molecule has 3 heteroatoms. The zero-order valence-electron chi connectivity index (χ0n) is 10.9. The summed E-state index contributed by atoms with van der Waals surface area (Å²) in [5.41, 5.74) is 1.63. The Morgan fingerprint density at radius 3 is 2.35 bits per heavy atom. The first kappa shape index (κ1) is 13.7. The molecule has 2 aromatic rings. The minimum atomic E-state index is -0.299. The van der Waals surface area contributed by atoms with Crippen molar-refractivity contribution in [3.8, 4) is 0 Å². The molecular formula is C17H14Cl2O. The van der Waals surface area contributed by atoms with Gasteiger partial charge in [0.05, 0.1) is 15.5 Å². The summed E-state index contributed by atoms with van der Waals surface area (Å²) in [5.74, 6) is 0.230. The number of benzene rings is 2. The lowest BCUT2D eigenvalue weighted by Gasteiger charge is -2.15. The van der Waals surface area contributed by atoms with Crippen molar-refractivity contribution in [2.45, 2.75) is 24.7 Å². The fraction of sp³-hybridized carbons (Fsp3) is 0.235. The summed E-state index contributed by atoms with van der Waals surface area (Å²) in [7, 11) is 0. The normalized spacial score (nSPS) is 15.9. The molecule has 1 aliphatic carbocycles. The van der Waals surface area contributed by atoms with Crippen molar-refractivity contribution in [2.24, 2.45) is 0 Å². The SMILES string of the molecule is O=C(Cc1cccc(Cl)c1Cl)C1(c2ccccc2)CC1.